The van der Waals surface area contributed by atoms with Crippen molar-refractivity contribution < 1.29 is 42.1 Å². The average molecular weight is 1160 g/mol. The van der Waals surface area contributed by atoms with Crippen LogP contribution < -0.4 is 4.89 Å². The molecule has 0 rings (SSSR count). The fraction of sp³-hybridized carbons (Fsp3) is 0.639. The maximum Gasteiger partial charge on any atom is 0.306 e. The van der Waals surface area contributed by atoms with E-state index in [1.165, 1.54) is 77.0 Å². The molecule has 0 aromatic carbocycles. The molecule has 466 valence electrons. The Morgan fingerprint density at radius 1 is 0.378 bits per heavy atom. The fourth-order valence-corrected chi connectivity index (χ4v) is 9.16. The van der Waals surface area contributed by atoms with Gasteiger partial charge in [0.05, 0.1) is 27.7 Å². The van der Waals surface area contributed by atoms with Gasteiger partial charge in [0.1, 0.15) is 19.8 Å². The molecule has 0 N–H and O–H groups in total. The lowest BCUT2D eigenvalue weighted by molar-refractivity contribution is -0.870. The largest absolute Gasteiger partial charge is 0.756 e. The second kappa shape index (κ2) is 61.5. The molecule has 2 unspecified atom stereocenters. The molecule has 0 fully saturated rings. The molecule has 0 bridgehead atoms. The number of unbranched alkanes of at least 4 members (excludes halogenated alkanes) is 20. The van der Waals surface area contributed by atoms with Gasteiger partial charge in [-0.15, -0.1) is 0 Å². The van der Waals surface area contributed by atoms with Crippen LogP contribution in [0, 0.1) is 0 Å². The minimum absolute atomic E-state index is 0.0395. The highest BCUT2D eigenvalue weighted by molar-refractivity contribution is 7.45. The molecule has 0 aliphatic heterocycles. The highest BCUT2D eigenvalue weighted by Crippen LogP contribution is 2.38. The number of carbonyl (C=O) groups excluding carboxylic acids is 2. The van der Waals surface area contributed by atoms with Crippen LogP contribution in [0.5, 0.6) is 0 Å². The first-order valence-corrected chi connectivity index (χ1v) is 34.0. The summed E-state index contributed by atoms with van der Waals surface area (Å²) in [6.45, 7) is 3.99. The zero-order valence-corrected chi connectivity index (χ0v) is 53.8. The van der Waals surface area contributed by atoms with E-state index in [2.05, 4.69) is 160 Å². The van der Waals surface area contributed by atoms with E-state index in [0.29, 0.717) is 23.9 Å². The highest BCUT2D eigenvalue weighted by Gasteiger charge is 2.22. The number of hydrogen-bond acceptors (Lipinski definition) is 8. The zero-order chi connectivity index (χ0) is 59.8. The van der Waals surface area contributed by atoms with Crippen molar-refractivity contribution in [3.63, 3.8) is 0 Å². The van der Waals surface area contributed by atoms with Crippen LogP contribution >= 0.6 is 7.82 Å². The van der Waals surface area contributed by atoms with Gasteiger partial charge in [0.15, 0.2) is 6.10 Å². The molecule has 2 atom stereocenters. The summed E-state index contributed by atoms with van der Waals surface area (Å²) in [7, 11) is 1.14. The second-order valence-corrected chi connectivity index (χ2v) is 23.8. The quantitative estimate of drug-likeness (QED) is 0.0195. The van der Waals surface area contributed by atoms with Crippen molar-refractivity contribution in [1.82, 2.24) is 0 Å². The fourth-order valence-electron chi connectivity index (χ4n) is 8.43. The zero-order valence-electron chi connectivity index (χ0n) is 52.9. The van der Waals surface area contributed by atoms with Gasteiger partial charge in [0, 0.05) is 12.8 Å². The van der Waals surface area contributed by atoms with Gasteiger partial charge < -0.3 is 27.9 Å². The van der Waals surface area contributed by atoms with Gasteiger partial charge in [-0.3, -0.25) is 14.2 Å². The van der Waals surface area contributed by atoms with Crippen molar-refractivity contribution in [2.45, 2.75) is 251 Å². The Bertz CT molecular complexity index is 1890. The number of phosphoric ester groups is 1. The second-order valence-electron chi connectivity index (χ2n) is 22.4. The number of nitrogens with zero attached hydrogens (tertiary/aromatic N) is 1. The lowest BCUT2D eigenvalue weighted by Gasteiger charge is -2.28. The van der Waals surface area contributed by atoms with Crippen LogP contribution in [0.4, 0.5) is 0 Å². The van der Waals surface area contributed by atoms with Crippen molar-refractivity contribution in [1.29, 1.82) is 0 Å². The molecule has 0 amide bonds. The summed E-state index contributed by atoms with van der Waals surface area (Å²) in [5.74, 6) is -0.851. The molecule has 0 heterocycles. The third-order valence-electron chi connectivity index (χ3n) is 13.4. The number of esters is 2. The van der Waals surface area contributed by atoms with E-state index in [0.717, 1.165) is 128 Å². The smallest absolute Gasteiger partial charge is 0.306 e. The molecule has 0 aliphatic carbocycles. The summed E-state index contributed by atoms with van der Waals surface area (Å²) in [6, 6.07) is 0. The van der Waals surface area contributed by atoms with Gasteiger partial charge in [-0.1, -0.05) is 262 Å². The molecular formula is C72H120NO8P. The molecule has 82 heavy (non-hydrogen) atoms. The van der Waals surface area contributed by atoms with Gasteiger partial charge >= 0.3 is 11.9 Å². The predicted molar refractivity (Wildman–Crippen MR) is 350 cm³/mol. The molecule has 0 aromatic rings. The molecule has 10 heteroatoms. The van der Waals surface area contributed by atoms with E-state index in [-0.39, 0.29) is 26.1 Å². The van der Waals surface area contributed by atoms with Crippen LogP contribution in [0.15, 0.2) is 146 Å². The lowest BCUT2D eigenvalue weighted by atomic mass is 10.0. The molecule has 0 spiro atoms. The summed E-state index contributed by atoms with van der Waals surface area (Å²) in [6.07, 6.45) is 90.5. The van der Waals surface area contributed by atoms with Crippen LogP contribution in [0.2, 0.25) is 0 Å². The van der Waals surface area contributed by atoms with E-state index in [1.54, 1.807) is 0 Å². The SMILES string of the molecule is CC/C=C\C/C=C\C/C=C\C/C=C\C/C=C\C/C=C\C/C=C\C/C=C\CCCCCCCCCCCCCCC(=O)OC(COC(=O)CCCCCCCCCC/C=C\C/C=C\C/C=C\C/C=C\CC)COP(=O)([O-])OCC[N+](C)(C)C. The van der Waals surface area contributed by atoms with Gasteiger partial charge in [0.25, 0.3) is 7.82 Å². The van der Waals surface area contributed by atoms with Gasteiger partial charge in [0.2, 0.25) is 0 Å². The van der Waals surface area contributed by atoms with Gasteiger partial charge in [-0.05, 0) is 116 Å². The Morgan fingerprint density at radius 3 is 0.976 bits per heavy atom. The summed E-state index contributed by atoms with van der Waals surface area (Å²) in [5.41, 5.74) is 0. The minimum Gasteiger partial charge on any atom is -0.756 e. The van der Waals surface area contributed by atoms with Crippen LogP contribution in [0.25, 0.3) is 0 Å². The van der Waals surface area contributed by atoms with Crippen molar-refractivity contribution in [3.05, 3.63) is 146 Å². The van der Waals surface area contributed by atoms with Crippen molar-refractivity contribution in [2.75, 3.05) is 47.5 Å². The third-order valence-corrected chi connectivity index (χ3v) is 14.3. The number of phosphoric acid groups is 1. The average Bonchev–Trinajstić information content (AvgIpc) is 3.46. The Kier molecular flexibility index (Phi) is 58.4. The van der Waals surface area contributed by atoms with Crippen LogP contribution in [0.1, 0.15) is 245 Å². The van der Waals surface area contributed by atoms with Gasteiger partial charge in [-0.2, -0.15) is 0 Å². The molecule has 9 nitrogen and oxygen atoms in total. The number of rotatable bonds is 58. The van der Waals surface area contributed by atoms with E-state index in [9.17, 15) is 19.0 Å². The molecule has 0 saturated heterocycles. The van der Waals surface area contributed by atoms with E-state index in [4.69, 9.17) is 18.5 Å². The Labute approximate surface area is 503 Å². The number of ether oxygens (including phenoxy) is 2. The third kappa shape index (κ3) is 65.0. The first-order chi connectivity index (χ1) is 40.0. The summed E-state index contributed by atoms with van der Waals surface area (Å²) < 4.78 is 34.2. The maximum atomic E-state index is 12.8. The van der Waals surface area contributed by atoms with E-state index < -0.39 is 32.5 Å². The molecular weight excluding hydrogens is 1040 g/mol. The number of hydrogen-bond donors (Lipinski definition) is 0. The van der Waals surface area contributed by atoms with Crippen LogP contribution in [0.3, 0.4) is 0 Å². The maximum absolute atomic E-state index is 12.8. The van der Waals surface area contributed by atoms with Crippen LogP contribution in [-0.2, 0) is 32.7 Å². The van der Waals surface area contributed by atoms with Crippen LogP contribution in [-0.4, -0.2) is 70.0 Å². The molecule has 0 aromatic heterocycles. The molecule has 0 radical (unpaired) electrons. The summed E-state index contributed by atoms with van der Waals surface area (Å²) in [4.78, 5) is 38.0. The highest BCUT2D eigenvalue weighted by atomic mass is 31.2. The standard InChI is InChI=1S/C72H120NO8P/c1-6-8-10-12-14-16-18-20-22-24-26-28-29-30-31-32-33-34-35-36-37-38-39-40-41-42-43-45-47-49-51-53-55-57-59-61-63-65-72(75)81-70(69-80-82(76,77)79-67-66-73(3,4)5)68-78-71(74)64-62-60-58-56-54-52-50-48-46-44-27-25-23-21-19-17-15-13-11-9-7-2/h8-11,14-17,20-23,26-28,30-31,33-34,36-37,39-40,44,70H,6-7,12-13,18-19,24-25,29,32,35,38,41-43,45-69H2,1-5H3/b10-8-,11-9-,16-14-,17-15-,22-20-,23-21-,28-26-,31-30-,34-33-,37-36-,40-39-,44-27-. The first kappa shape index (κ1) is 77.9. The first-order valence-electron chi connectivity index (χ1n) is 32.5. The predicted octanol–water partition coefficient (Wildman–Crippen LogP) is 20.4. The number of quaternary nitrogens is 1. The Hall–Kier alpha value is -4.11. The van der Waals surface area contributed by atoms with Gasteiger partial charge in [-0.25, -0.2) is 0 Å². The van der Waals surface area contributed by atoms with E-state index in [1.807, 2.05) is 21.1 Å². The van der Waals surface area contributed by atoms with E-state index >= 15 is 0 Å². The lowest BCUT2D eigenvalue weighted by Crippen LogP contribution is -2.37. The monoisotopic (exact) mass is 1160 g/mol. The summed E-state index contributed by atoms with van der Waals surface area (Å²) in [5, 5.41) is 0. The summed E-state index contributed by atoms with van der Waals surface area (Å²) >= 11 is 0. The Balaban J connectivity index is 4.12. The Morgan fingerprint density at radius 2 is 0.659 bits per heavy atom. The number of allylic oxidation sites excluding steroid dienone is 24. The topological polar surface area (TPSA) is 111 Å². The van der Waals surface area contributed by atoms with Crippen molar-refractivity contribution >= 4 is 19.8 Å². The molecule has 0 saturated carbocycles. The normalized spacial score (nSPS) is 14.2. The van der Waals surface area contributed by atoms with Crippen molar-refractivity contribution in [2.24, 2.45) is 0 Å². The number of carbonyl (C=O) groups is 2. The van der Waals surface area contributed by atoms with Crippen molar-refractivity contribution in [3.8, 4) is 0 Å². The minimum atomic E-state index is -4.65. The number of likely N-dealkylation sites (N-methyl/N-ethyl adjacent to an activating group) is 1. The molecule has 0 aliphatic rings.